The Bertz CT molecular complexity index is 1640. The number of halogens is 1. The number of aromatic nitrogens is 2. The van der Waals surface area contributed by atoms with Gasteiger partial charge in [0.05, 0.1) is 24.6 Å². The molecule has 0 saturated carbocycles. The molecule has 0 bridgehead atoms. The fraction of sp³-hybridized carbons (Fsp3) is 0.259. The summed E-state index contributed by atoms with van der Waals surface area (Å²) in [5.74, 6) is -0.905. The van der Waals surface area contributed by atoms with Crippen LogP contribution in [0.25, 0.3) is 10.2 Å². The Morgan fingerprint density at radius 2 is 1.76 bits per heavy atom. The number of methoxy groups -OCH3 is 1. The number of fused-ring (bicyclic) bond motifs is 3. The van der Waals surface area contributed by atoms with Gasteiger partial charge in [-0.3, -0.25) is 18.7 Å². The number of amides is 1. The number of aryl methyl sites for hydroxylation is 2. The third kappa shape index (κ3) is 4.84. The van der Waals surface area contributed by atoms with Gasteiger partial charge in [-0.1, -0.05) is 29.8 Å². The Balaban J connectivity index is 1.55. The number of benzene rings is 2. The summed E-state index contributed by atoms with van der Waals surface area (Å²) in [6.07, 6.45) is 3.63. The molecule has 8 nitrogen and oxygen atoms in total. The van der Waals surface area contributed by atoms with Gasteiger partial charge >= 0.3 is 11.7 Å². The van der Waals surface area contributed by atoms with E-state index in [2.05, 4.69) is 5.32 Å². The van der Waals surface area contributed by atoms with E-state index in [1.807, 2.05) is 0 Å². The lowest BCUT2D eigenvalue weighted by molar-refractivity contribution is -0.116. The van der Waals surface area contributed by atoms with Crippen LogP contribution in [0.5, 0.6) is 0 Å². The van der Waals surface area contributed by atoms with Crippen molar-refractivity contribution >= 4 is 50.7 Å². The average molecular weight is 538 g/mol. The van der Waals surface area contributed by atoms with Crippen molar-refractivity contribution in [2.24, 2.45) is 0 Å². The van der Waals surface area contributed by atoms with E-state index in [0.29, 0.717) is 32.1 Å². The third-order valence-electron chi connectivity index (χ3n) is 6.50. The maximum Gasteiger partial charge on any atom is 0.337 e. The van der Waals surface area contributed by atoms with E-state index in [9.17, 15) is 19.2 Å². The van der Waals surface area contributed by atoms with E-state index in [0.717, 1.165) is 36.1 Å². The fourth-order valence-electron chi connectivity index (χ4n) is 4.64. The number of hydrogen-bond acceptors (Lipinski definition) is 6. The number of carbonyl (C=O) groups is 2. The molecule has 5 rings (SSSR count). The molecule has 2 aromatic carbocycles. The van der Waals surface area contributed by atoms with Crippen LogP contribution < -0.4 is 16.6 Å². The highest BCUT2D eigenvalue weighted by Gasteiger charge is 2.25. The Kier molecular flexibility index (Phi) is 6.99. The zero-order valence-electron chi connectivity index (χ0n) is 20.1. The van der Waals surface area contributed by atoms with Crippen LogP contribution in [-0.4, -0.2) is 28.1 Å². The standard InChI is InChI=1S/C27H24ClN3O5S/c1-36-26(34)16-10-12-18(13-11-16)29-22(32)15-31-25-23(19-7-3-5-9-21(19)37-25)24(33)30(27(31)35)14-17-6-2-4-8-20(17)28/h2,4,6,8,10-13H,3,5,7,9,14-15H2,1H3,(H,29,32). The van der Waals surface area contributed by atoms with Crippen molar-refractivity contribution in [3.8, 4) is 0 Å². The highest BCUT2D eigenvalue weighted by atomic mass is 35.5. The summed E-state index contributed by atoms with van der Waals surface area (Å²) in [4.78, 5) is 53.6. The highest BCUT2D eigenvalue weighted by Crippen LogP contribution is 2.34. The van der Waals surface area contributed by atoms with Crippen molar-refractivity contribution in [3.05, 3.63) is 96.0 Å². The van der Waals surface area contributed by atoms with Crippen LogP contribution >= 0.6 is 22.9 Å². The minimum absolute atomic E-state index is 0.00844. The van der Waals surface area contributed by atoms with Gasteiger partial charge in [0.15, 0.2) is 0 Å². The molecule has 0 fully saturated rings. The molecule has 2 heterocycles. The second-order valence-electron chi connectivity index (χ2n) is 8.86. The molecule has 0 saturated heterocycles. The molecule has 1 aliphatic carbocycles. The zero-order chi connectivity index (χ0) is 26.1. The van der Waals surface area contributed by atoms with Crippen molar-refractivity contribution in [2.75, 3.05) is 12.4 Å². The Morgan fingerprint density at radius 3 is 2.49 bits per heavy atom. The predicted molar refractivity (Wildman–Crippen MR) is 144 cm³/mol. The molecule has 1 amide bonds. The fourth-order valence-corrected chi connectivity index (χ4v) is 6.21. The molecule has 0 spiro atoms. The molecule has 1 aliphatic rings. The number of rotatable bonds is 6. The van der Waals surface area contributed by atoms with Gasteiger partial charge < -0.3 is 10.1 Å². The number of ether oxygens (including phenoxy) is 1. The molecule has 0 atom stereocenters. The topological polar surface area (TPSA) is 99.4 Å². The van der Waals surface area contributed by atoms with Crippen LogP contribution in [0.4, 0.5) is 5.69 Å². The quantitative estimate of drug-likeness (QED) is 0.371. The molecular formula is C27H24ClN3O5S. The first-order valence-electron chi connectivity index (χ1n) is 11.9. The number of anilines is 1. The smallest absolute Gasteiger partial charge is 0.337 e. The summed E-state index contributed by atoms with van der Waals surface area (Å²) >= 11 is 7.75. The maximum atomic E-state index is 13.6. The Hall–Kier alpha value is -3.69. The molecule has 0 unspecified atom stereocenters. The first kappa shape index (κ1) is 25.0. The summed E-state index contributed by atoms with van der Waals surface area (Å²) in [6.45, 7) is -0.259. The van der Waals surface area contributed by atoms with Crippen LogP contribution in [0.2, 0.25) is 5.02 Å². The SMILES string of the molecule is COC(=O)c1ccc(NC(=O)Cn2c(=O)n(Cc3ccccc3Cl)c(=O)c3c4c(sc32)CCCC4)cc1. The van der Waals surface area contributed by atoms with Crippen molar-refractivity contribution in [2.45, 2.75) is 38.8 Å². The maximum absolute atomic E-state index is 13.6. The first-order valence-corrected chi connectivity index (χ1v) is 13.1. The second kappa shape index (κ2) is 10.4. The van der Waals surface area contributed by atoms with Crippen LogP contribution in [0.3, 0.4) is 0 Å². The van der Waals surface area contributed by atoms with E-state index in [1.165, 1.54) is 27.6 Å². The van der Waals surface area contributed by atoms with Crippen molar-refractivity contribution in [1.29, 1.82) is 0 Å². The number of hydrogen-bond donors (Lipinski definition) is 1. The summed E-state index contributed by atoms with van der Waals surface area (Å²) in [7, 11) is 1.30. The van der Waals surface area contributed by atoms with Crippen LogP contribution in [0.1, 0.15) is 39.2 Å². The number of esters is 1. The van der Waals surface area contributed by atoms with Crippen LogP contribution in [0, 0.1) is 0 Å². The molecular weight excluding hydrogens is 514 g/mol. The first-order chi connectivity index (χ1) is 17.9. The molecule has 1 N–H and O–H groups in total. The van der Waals surface area contributed by atoms with Gasteiger partial charge in [-0.25, -0.2) is 9.59 Å². The zero-order valence-corrected chi connectivity index (χ0v) is 21.7. The molecule has 190 valence electrons. The third-order valence-corrected chi connectivity index (χ3v) is 8.18. The second-order valence-corrected chi connectivity index (χ2v) is 10.4. The summed E-state index contributed by atoms with van der Waals surface area (Å²) in [5, 5.41) is 3.74. The molecule has 0 aliphatic heterocycles. The number of carbonyl (C=O) groups excluding carboxylic acids is 2. The highest BCUT2D eigenvalue weighted by molar-refractivity contribution is 7.18. The van der Waals surface area contributed by atoms with Gasteiger partial charge in [-0.15, -0.1) is 11.3 Å². The Morgan fingerprint density at radius 1 is 1.03 bits per heavy atom. The van der Waals surface area contributed by atoms with E-state index in [1.54, 1.807) is 48.5 Å². The van der Waals surface area contributed by atoms with E-state index >= 15 is 0 Å². The predicted octanol–water partition coefficient (Wildman–Crippen LogP) is 4.23. The lowest BCUT2D eigenvalue weighted by atomic mass is 9.97. The summed E-state index contributed by atoms with van der Waals surface area (Å²) < 4.78 is 7.25. The van der Waals surface area contributed by atoms with E-state index in [-0.39, 0.29) is 18.6 Å². The van der Waals surface area contributed by atoms with Gasteiger partial charge in [0.1, 0.15) is 11.4 Å². The molecule has 37 heavy (non-hydrogen) atoms. The summed E-state index contributed by atoms with van der Waals surface area (Å²) in [5.41, 5.74) is 1.54. The van der Waals surface area contributed by atoms with Gasteiger partial charge in [0, 0.05) is 15.6 Å². The van der Waals surface area contributed by atoms with E-state index in [4.69, 9.17) is 16.3 Å². The van der Waals surface area contributed by atoms with Crippen molar-refractivity contribution in [3.63, 3.8) is 0 Å². The number of nitrogens with one attached hydrogen (secondary N) is 1. The van der Waals surface area contributed by atoms with E-state index < -0.39 is 17.6 Å². The average Bonchev–Trinajstić information content (AvgIpc) is 3.30. The molecule has 4 aromatic rings. The lowest BCUT2D eigenvalue weighted by Crippen LogP contribution is -2.41. The molecule has 10 heteroatoms. The summed E-state index contributed by atoms with van der Waals surface area (Å²) in [6, 6.07) is 13.3. The van der Waals surface area contributed by atoms with Gasteiger partial charge in [0.25, 0.3) is 5.56 Å². The minimum atomic E-state index is -0.563. The number of thiophene rings is 1. The van der Waals surface area contributed by atoms with Crippen LogP contribution in [0.15, 0.2) is 58.1 Å². The minimum Gasteiger partial charge on any atom is -0.465 e. The van der Waals surface area contributed by atoms with Gasteiger partial charge in [0.2, 0.25) is 5.91 Å². The largest absolute Gasteiger partial charge is 0.465 e. The Labute approximate surface area is 221 Å². The molecule has 2 aromatic heterocycles. The normalized spacial score (nSPS) is 12.8. The molecule has 0 radical (unpaired) electrons. The monoisotopic (exact) mass is 537 g/mol. The van der Waals surface area contributed by atoms with Gasteiger partial charge in [-0.05, 0) is 67.1 Å². The van der Waals surface area contributed by atoms with Crippen molar-refractivity contribution < 1.29 is 14.3 Å². The number of nitrogens with zero attached hydrogens (tertiary/aromatic N) is 2. The lowest BCUT2D eigenvalue weighted by Gasteiger charge is -2.14. The van der Waals surface area contributed by atoms with Crippen LogP contribution in [-0.2, 0) is 35.5 Å². The van der Waals surface area contributed by atoms with Crippen molar-refractivity contribution in [1.82, 2.24) is 9.13 Å². The van der Waals surface area contributed by atoms with Gasteiger partial charge in [-0.2, -0.15) is 0 Å².